The van der Waals surface area contributed by atoms with Gasteiger partial charge in [-0.05, 0) is 42.0 Å². The highest BCUT2D eigenvalue weighted by atomic mass is 19.1. The molecule has 0 saturated heterocycles. The topological polar surface area (TPSA) is 100 Å². The second kappa shape index (κ2) is 10.3. The lowest BCUT2D eigenvalue weighted by molar-refractivity contribution is 0.0950. The Morgan fingerprint density at radius 3 is 2.54 bits per heavy atom. The molecule has 2 heterocycles. The maximum atomic E-state index is 13.9. The van der Waals surface area contributed by atoms with Crippen molar-refractivity contribution in [3.63, 3.8) is 0 Å². The summed E-state index contributed by atoms with van der Waals surface area (Å²) in [6.45, 7) is 0.0972. The van der Waals surface area contributed by atoms with E-state index in [9.17, 15) is 14.0 Å². The summed E-state index contributed by atoms with van der Waals surface area (Å²) in [5.74, 6) is -0.656. The first-order chi connectivity index (χ1) is 18.0. The van der Waals surface area contributed by atoms with E-state index in [1.165, 1.54) is 6.07 Å². The van der Waals surface area contributed by atoms with Crippen molar-refractivity contribution in [2.24, 2.45) is 0 Å². The average Bonchev–Trinajstić information content (AvgIpc) is 3.36. The number of hydrogen-bond acceptors (Lipinski definition) is 4. The fourth-order valence-corrected chi connectivity index (χ4v) is 3.94. The SMILES string of the molecule is CNC(=O)Nc1cccc(-c2cnc3cc(-c4cccc(C(=O)NCc5ccccc5F)c4)cnn23)c1. The summed E-state index contributed by atoms with van der Waals surface area (Å²) >= 11 is 0. The van der Waals surface area contributed by atoms with Crippen LogP contribution in [0.25, 0.3) is 28.0 Å². The lowest BCUT2D eigenvalue weighted by Gasteiger charge is -2.09. The van der Waals surface area contributed by atoms with Gasteiger partial charge in [0.05, 0.1) is 18.1 Å². The summed E-state index contributed by atoms with van der Waals surface area (Å²) in [6, 6.07) is 22.5. The van der Waals surface area contributed by atoms with Crippen molar-refractivity contribution >= 4 is 23.3 Å². The van der Waals surface area contributed by atoms with Crippen LogP contribution < -0.4 is 16.0 Å². The first kappa shape index (κ1) is 23.7. The van der Waals surface area contributed by atoms with E-state index < -0.39 is 0 Å². The molecule has 3 N–H and O–H groups in total. The van der Waals surface area contributed by atoms with Crippen LogP contribution in [0.5, 0.6) is 0 Å². The van der Waals surface area contributed by atoms with Gasteiger partial charge in [0.25, 0.3) is 5.91 Å². The number of amides is 3. The standard InChI is InChI=1S/C28H23FN6O2/c1-30-28(37)34-23-10-5-8-19(13-23)25-17-31-26-14-22(16-33-35(25)26)18-7-4-9-20(12-18)27(36)32-15-21-6-2-3-11-24(21)29/h2-14,16-17H,15H2,1H3,(H,32,36)(H2,30,34,37). The summed E-state index contributed by atoms with van der Waals surface area (Å²) in [7, 11) is 1.55. The molecule has 0 aliphatic heterocycles. The minimum absolute atomic E-state index is 0.0972. The van der Waals surface area contributed by atoms with E-state index in [1.54, 1.807) is 66.4 Å². The number of hydrogen-bond donors (Lipinski definition) is 3. The summed E-state index contributed by atoms with van der Waals surface area (Å²) in [4.78, 5) is 28.9. The lowest BCUT2D eigenvalue weighted by Crippen LogP contribution is -2.24. The number of imidazole rings is 1. The molecule has 0 spiro atoms. The highest BCUT2D eigenvalue weighted by molar-refractivity contribution is 5.95. The van der Waals surface area contributed by atoms with E-state index in [-0.39, 0.29) is 24.3 Å². The van der Waals surface area contributed by atoms with Gasteiger partial charge >= 0.3 is 6.03 Å². The second-order valence-electron chi connectivity index (χ2n) is 8.30. The van der Waals surface area contributed by atoms with Gasteiger partial charge in [0.2, 0.25) is 0 Å². The number of nitrogens with zero attached hydrogens (tertiary/aromatic N) is 3. The Labute approximate surface area is 212 Å². The third kappa shape index (κ3) is 5.15. The summed E-state index contributed by atoms with van der Waals surface area (Å²) in [6.07, 6.45) is 3.43. The van der Waals surface area contributed by atoms with Gasteiger partial charge in [-0.1, -0.05) is 42.5 Å². The average molecular weight is 495 g/mol. The molecule has 0 unspecified atom stereocenters. The van der Waals surface area contributed by atoms with E-state index in [0.29, 0.717) is 22.5 Å². The van der Waals surface area contributed by atoms with E-state index in [0.717, 1.165) is 22.4 Å². The van der Waals surface area contributed by atoms with Crippen molar-refractivity contribution in [2.75, 3.05) is 12.4 Å². The Morgan fingerprint density at radius 1 is 0.892 bits per heavy atom. The van der Waals surface area contributed by atoms with Gasteiger partial charge < -0.3 is 16.0 Å². The highest BCUT2D eigenvalue weighted by Crippen LogP contribution is 2.26. The first-order valence-corrected chi connectivity index (χ1v) is 11.6. The normalized spacial score (nSPS) is 10.8. The van der Waals surface area contributed by atoms with Crippen molar-refractivity contribution in [2.45, 2.75) is 6.54 Å². The molecule has 0 aliphatic carbocycles. The van der Waals surface area contributed by atoms with Crippen molar-refractivity contribution in [1.82, 2.24) is 25.2 Å². The second-order valence-corrected chi connectivity index (χ2v) is 8.30. The van der Waals surface area contributed by atoms with E-state index in [2.05, 4.69) is 26.0 Å². The molecule has 0 fully saturated rings. The van der Waals surface area contributed by atoms with E-state index >= 15 is 0 Å². The molecular weight excluding hydrogens is 471 g/mol. The maximum Gasteiger partial charge on any atom is 0.318 e. The molecule has 5 rings (SSSR count). The number of nitrogens with one attached hydrogen (secondary N) is 3. The minimum Gasteiger partial charge on any atom is -0.348 e. The molecule has 0 aliphatic rings. The van der Waals surface area contributed by atoms with Crippen molar-refractivity contribution in [3.8, 4) is 22.4 Å². The summed E-state index contributed by atoms with van der Waals surface area (Å²) < 4.78 is 15.6. The molecule has 3 amide bonds. The monoisotopic (exact) mass is 494 g/mol. The number of aromatic nitrogens is 3. The number of fused-ring (bicyclic) bond motifs is 1. The molecule has 9 heteroatoms. The molecular formula is C28H23FN6O2. The molecule has 8 nitrogen and oxygen atoms in total. The van der Waals surface area contributed by atoms with E-state index in [4.69, 9.17) is 0 Å². The van der Waals surface area contributed by atoms with Crippen molar-refractivity contribution in [1.29, 1.82) is 0 Å². The summed E-state index contributed by atoms with van der Waals surface area (Å²) in [5.41, 5.74) is 5.36. The number of carbonyl (C=O) groups excluding carboxylic acids is 2. The highest BCUT2D eigenvalue weighted by Gasteiger charge is 2.12. The Kier molecular flexibility index (Phi) is 6.58. The van der Waals surface area contributed by atoms with Gasteiger partial charge in [0, 0.05) is 41.5 Å². The van der Waals surface area contributed by atoms with Gasteiger partial charge in [-0.15, -0.1) is 0 Å². The number of urea groups is 1. The van der Waals surface area contributed by atoms with Crippen LogP contribution in [-0.4, -0.2) is 33.6 Å². The quantitative estimate of drug-likeness (QED) is 0.313. The minimum atomic E-state index is -0.357. The Hall–Kier alpha value is -5.05. The van der Waals surface area contributed by atoms with Crippen LogP contribution in [0.2, 0.25) is 0 Å². The zero-order valence-electron chi connectivity index (χ0n) is 19.9. The fourth-order valence-electron chi connectivity index (χ4n) is 3.94. The zero-order valence-corrected chi connectivity index (χ0v) is 19.9. The van der Waals surface area contributed by atoms with Gasteiger partial charge in [0.1, 0.15) is 5.82 Å². The first-order valence-electron chi connectivity index (χ1n) is 11.6. The molecule has 184 valence electrons. The van der Waals surface area contributed by atoms with Crippen LogP contribution in [-0.2, 0) is 6.54 Å². The molecule has 3 aromatic carbocycles. The molecule has 5 aromatic rings. The van der Waals surface area contributed by atoms with Crippen LogP contribution in [0.3, 0.4) is 0 Å². The number of carbonyl (C=O) groups is 2. The molecule has 2 aromatic heterocycles. The Morgan fingerprint density at radius 2 is 1.70 bits per heavy atom. The lowest BCUT2D eigenvalue weighted by atomic mass is 10.0. The van der Waals surface area contributed by atoms with Crippen molar-refractivity contribution < 1.29 is 14.0 Å². The Bertz CT molecular complexity index is 1610. The number of anilines is 1. The van der Waals surface area contributed by atoms with Crippen molar-refractivity contribution in [3.05, 3.63) is 108 Å². The van der Waals surface area contributed by atoms with Crippen LogP contribution in [0.4, 0.5) is 14.9 Å². The van der Waals surface area contributed by atoms with Crippen LogP contribution in [0, 0.1) is 5.82 Å². The van der Waals surface area contributed by atoms with Gasteiger partial charge in [-0.25, -0.2) is 18.7 Å². The van der Waals surface area contributed by atoms with Crippen LogP contribution >= 0.6 is 0 Å². The number of rotatable bonds is 6. The predicted molar refractivity (Wildman–Crippen MR) is 140 cm³/mol. The summed E-state index contributed by atoms with van der Waals surface area (Å²) in [5, 5.41) is 12.6. The third-order valence-corrected chi connectivity index (χ3v) is 5.86. The molecule has 0 saturated carbocycles. The predicted octanol–water partition coefficient (Wildman–Crippen LogP) is 4.88. The third-order valence-electron chi connectivity index (χ3n) is 5.86. The molecule has 0 bridgehead atoms. The number of benzene rings is 3. The van der Waals surface area contributed by atoms with Crippen LogP contribution in [0.1, 0.15) is 15.9 Å². The van der Waals surface area contributed by atoms with Gasteiger partial charge in [0.15, 0.2) is 5.65 Å². The Balaban J connectivity index is 1.37. The maximum absolute atomic E-state index is 13.9. The van der Waals surface area contributed by atoms with Gasteiger partial charge in [-0.2, -0.15) is 5.10 Å². The smallest absolute Gasteiger partial charge is 0.318 e. The molecule has 37 heavy (non-hydrogen) atoms. The van der Waals surface area contributed by atoms with Gasteiger partial charge in [-0.3, -0.25) is 4.79 Å². The van der Waals surface area contributed by atoms with Crippen LogP contribution in [0.15, 0.2) is 91.3 Å². The fraction of sp³-hybridized carbons (Fsp3) is 0.0714. The molecule has 0 radical (unpaired) electrons. The number of halogens is 1. The largest absolute Gasteiger partial charge is 0.348 e. The zero-order chi connectivity index (χ0) is 25.8. The van der Waals surface area contributed by atoms with E-state index in [1.807, 2.05) is 30.3 Å². The molecule has 0 atom stereocenters.